The topological polar surface area (TPSA) is 48.9 Å². The second-order valence-corrected chi connectivity index (χ2v) is 10.7. The second kappa shape index (κ2) is 9.90. The summed E-state index contributed by atoms with van der Waals surface area (Å²) in [5, 5.41) is 0.772. The molecule has 0 spiro atoms. The highest BCUT2D eigenvalue weighted by atomic mass is 79.9. The molecule has 2 saturated heterocycles. The zero-order valence-corrected chi connectivity index (χ0v) is 21.3. The fourth-order valence-corrected chi connectivity index (χ4v) is 5.95. The fraction of sp³-hybridized carbons (Fsp3) is 0.520. The van der Waals surface area contributed by atoms with Crippen molar-refractivity contribution in [3.05, 3.63) is 62.3 Å². The Balaban J connectivity index is 1.33. The second-order valence-electron chi connectivity index (χ2n) is 9.38. The molecule has 1 aromatic carbocycles. The molecule has 2 fully saturated rings. The van der Waals surface area contributed by atoms with Crippen LogP contribution in [0.3, 0.4) is 0 Å². The number of hydrogen-bond donors (Lipinski definition) is 0. The Hall–Kier alpha value is -1.67. The zero-order valence-electron chi connectivity index (χ0n) is 19.0. The summed E-state index contributed by atoms with van der Waals surface area (Å²) in [4.78, 5) is 24.2. The number of halogens is 2. The van der Waals surface area contributed by atoms with Crippen molar-refractivity contribution in [2.75, 3.05) is 46.3 Å². The molecule has 0 radical (unpaired) electrons. The Morgan fingerprint density at radius 3 is 2.70 bits per heavy atom. The first-order valence-corrected chi connectivity index (χ1v) is 13.0. The normalized spacial score (nSPS) is 24.0. The quantitative estimate of drug-likeness (QED) is 0.568. The molecular formula is C25H30BrClN4O2. The first-order chi connectivity index (χ1) is 16.0. The highest BCUT2D eigenvalue weighted by Gasteiger charge is 2.34. The Morgan fingerprint density at radius 2 is 1.91 bits per heavy atom. The fourth-order valence-electron chi connectivity index (χ4n) is 5.38. The lowest BCUT2D eigenvalue weighted by atomic mass is 9.96. The van der Waals surface area contributed by atoms with E-state index >= 15 is 0 Å². The van der Waals surface area contributed by atoms with Gasteiger partial charge < -0.3 is 14.5 Å². The van der Waals surface area contributed by atoms with Crippen LogP contribution >= 0.6 is 27.5 Å². The van der Waals surface area contributed by atoms with Gasteiger partial charge in [-0.1, -0.05) is 17.7 Å². The minimum atomic E-state index is -0.176. The van der Waals surface area contributed by atoms with Crippen LogP contribution in [0, 0.1) is 0 Å². The SMILES string of the molecule is CN1CCCC(OC(=O)N2CCN(C3c4ccc(Cl)cc4CCc4cc(Br)cnc43)CC2)C1. The van der Waals surface area contributed by atoms with E-state index in [0.717, 1.165) is 67.1 Å². The van der Waals surface area contributed by atoms with Crippen molar-refractivity contribution < 1.29 is 9.53 Å². The molecule has 1 aliphatic carbocycles. The number of amides is 1. The van der Waals surface area contributed by atoms with Crippen molar-refractivity contribution in [3.8, 4) is 0 Å². The summed E-state index contributed by atoms with van der Waals surface area (Å²) in [6, 6.07) is 8.48. The molecule has 2 atom stereocenters. The maximum atomic E-state index is 12.8. The average Bonchev–Trinajstić information content (AvgIpc) is 2.95. The van der Waals surface area contributed by atoms with Gasteiger partial charge in [-0.25, -0.2) is 4.79 Å². The molecule has 8 heteroatoms. The van der Waals surface area contributed by atoms with Crippen molar-refractivity contribution in [2.45, 2.75) is 37.8 Å². The van der Waals surface area contributed by atoms with Crippen LogP contribution in [0.5, 0.6) is 0 Å². The van der Waals surface area contributed by atoms with Gasteiger partial charge in [0, 0.05) is 48.4 Å². The van der Waals surface area contributed by atoms with Gasteiger partial charge in [-0.2, -0.15) is 0 Å². The van der Waals surface area contributed by atoms with Crippen LogP contribution in [0.25, 0.3) is 0 Å². The number of rotatable bonds is 2. The summed E-state index contributed by atoms with van der Waals surface area (Å²) in [5.41, 5.74) is 4.93. The third-order valence-electron chi connectivity index (χ3n) is 7.08. The van der Waals surface area contributed by atoms with Gasteiger partial charge in [0.1, 0.15) is 6.10 Å². The minimum absolute atomic E-state index is 0.00212. The highest BCUT2D eigenvalue weighted by Crippen LogP contribution is 2.38. The molecule has 3 heterocycles. The van der Waals surface area contributed by atoms with Crippen molar-refractivity contribution in [1.29, 1.82) is 0 Å². The maximum Gasteiger partial charge on any atom is 0.410 e. The standard InChI is InChI=1S/C25H30BrClN4O2/c1-29-8-2-3-21(16-29)33-25(32)31-11-9-30(10-12-31)24-22-7-6-20(27)14-17(22)4-5-18-13-19(26)15-28-23(18)24/h6-7,13-15,21,24H,2-5,8-12,16H2,1H3. The number of carbonyl (C=O) groups is 1. The number of fused-ring (bicyclic) bond motifs is 2. The van der Waals surface area contributed by atoms with Gasteiger partial charge in [-0.05, 0) is 90.1 Å². The summed E-state index contributed by atoms with van der Waals surface area (Å²) in [6.07, 6.45) is 5.63. The van der Waals surface area contributed by atoms with Gasteiger partial charge in [0.15, 0.2) is 0 Å². The molecule has 176 valence electrons. The summed E-state index contributed by atoms with van der Waals surface area (Å²) >= 11 is 9.93. The van der Waals surface area contributed by atoms with E-state index in [1.165, 1.54) is 16.7 Å². The van der Waals surface area contributed by atoms with Gasteiger partial charge in [0.25, 0.3) is 0 Å². The number of piperidine rings is 1. The number of likely N-dealkylation sites (tertiary alicyclic amines) is 1. The van der Waals surface area contributed by atoms with E-state index in [1.54, 1.807) is 0 Å². The molecule has 1 amide bonds. The largest absolute Gasteiger partial charge is 0.445 e. The predicted molar refractivity (Wildman–Crippen MR) is 133 cm³/mol. The van der Waals surface area contributed by atoms with Crippen LogP contribution in [0.15, 0.2) is 34.9 Å². The van der Waals surface area contributed by atoms with Crippen LogP contribution in [-0.2, 0) is 17.6 Å². The van der Waals surface area contributed by atoms with E-state index < -0.39 is 0 Å². The molecule has 2 aliphatic heterocycles. The first-order valence-electron chi connectivity index (χ1n) is 11.8. The van der Waals surface area contributed by atoms with Crippen LogP contribution in [-0.4, -0.2) is 78.2 Å². The number of ether oxygens (including phenoxy) is 1. The van der Waals surface area contributed by atoms with Gasteiger partial charge in [0.05, 0.1) is 11.7 Å². The molecule has 3 aliphatic rings. The van der Waals surface area contributed by atoms with Crippen LogP contribution in [0.2, 0.25) is 5.02 Å². The zero-order chi connectivity index (χ0) is 22.9. The number of likely N-dealkylation sites (N-methyl/N-ethyl adjacent to an activating group) is 1. The predicted octanol–water partition coefficient (Wildman–Crippen LogP) is 4.53. The van der Waals surface area contributed by atoms with Crippen LogP contribution in [0.4, 0.5) is 4.79 Å². The molecule has 0 N–H and O–H groups in total. The average molecular weight is 534 g/mol. The Morgan fingerprint density at radius 1 is 1.12 bits per heavy atom. The Bertz CT molecular complexity index is 974. The number of aromatic nitrogens is 1. The summed E-state index contributed by atoms with van der Waals surface area (Å²) in [6.45, 7) is 4.78. The van der Waals surface area contributed by atoms with Crippen LogP contribution < -0.4 is 0 Å². The van der Waals surface area contributed by atoms with Gasteiger partial charge in [-0.3, -0.25) is 9.88 Å². The van der Waals surface area contributed by atoms with Crippen molar-refractivity contribution in [2.24, 2.45) is 0 Å². The summed E-state index contributed by atoms with van der Waals surface area (Å²) in [7, 11) is 2.08. The number of piperazine rings is 1. The van der Waals surface area contributed by atoms with Gasteiger partial charge in [0.2, 0.25) is 0 Å². The molecule has 1 aromatic heterocycles. The van der Waals surface area contributed by atoms with E-state index in [1.807, 2.05) is 17.2 Å². The number of aryl methyl sites for hydroxylation is 2. The van der Waals surface area contributed by atoms with Crippen molar-refractivity contribution in [1.82, 2.24) is 19.7 Å². The number of carbonyl (C=O) groups excluding carboxylic acids is 1. The van der Waals surface area contributed by atoms with E-state index in [-0.39, 0.29) is 18.2 Å². The smallest absolute Gasteiger partial charge is 0.410 e. The Kier molecular flexibility index (Phi) is 6.93. The highest BCUT2D eigenvalue weighted by molar-refractivity contribution is 9.10. The van der Waals surface area contributed by atoms with E-state index in [4.69, 9.17) is 21.3 Å². The van der Waals surface area contributed by atoms with E-state index in [0.29, 0.717) is 13.1 Å². The van der Waals surface area contributed by atoms with E-state index in [2.05, 4.69) is 51.0 Å². The molecule has 2 aromatic rings. The summed E-state index contributed by atoms with van der Waals surface area (Å²) in [5.74, 6) is 0. The van der Waals surface area contributed by atoms with E-state index in [9.17, 15) is 4.79 Å². The lowest BCUT2D eigenvalue weighted by molar-refractivity contribution is 0.0159. The van der Waals surface area contributed by atoms with Crippen molar-refractivity contribution >= 4 is 33.6 Å². The summed E-state index contributed by atoms with van der Waals surface area (Å²) < 4.78 is 6.84. The molecule has 5 rings (SSSR count). The number of nitrogens with zero attached hydrogens (tertiary/aromatic N) is 4. The monoisotopic (exact) mass is 532 g/mol. The number of benzene rings is 1. The van der Waals surface area contributed by atoms with Gasteiger partial charge >= 0.3 is 6.09 Å². The molecule has 2 unspecified atom stereocenters. The lowest BCUT2D eigenvalue weighted by Crippen LogP contribution is -2.51. The molecule has 0 saturated carbocycles. The van der Waals surface area contributed by atoms with Crippen LogP contribution in [0.1, 0.15) is 41.3 Å². The number of hydrogen-bond acceptors (Lipinski definition) is 5. The maximum absolute atomic E-state index is 12.8. The lowest BCUT2D eigenvalue weighted by Gasteiger charge is -2.40. The molecule has 0 bridgehead atoms. The van der Waals surface area contributed by atoms with Crippen molar-refractivity contribution in [3.63, 3.8) is 0 Å². The molecule has 33 heavy (non-hydrogen) atoms. The number of pyridine rings is 1. The molecule has 6 nitrogen and oxygen atoms in total. The Labute approximate surface area is 209 Å². The minimum Gasteiger partial charge on any atom is -0.445 e. The third-order valence-corrected chi connectivity index (χ3v) is 7.75. The van der Waals surface area contributed by atoms with Gasteiger partial charge in [-0.15, -0.1) is 0 Å². The molecular weight excluding hydrogens is 504 g/mol. The third kappa shape index (κ3) is 5.06. The first kappa shape index (κ1) is 23.1.